The smallest absolute Gasteiger partial charge is 0.266 e. The maximum atomic E-state index is 12.3. The highest BCUT2D eigenvalue weighted by atomic mass is 32.1. The summed E-state index contributed by atoms with van der Waals surface area (Å²) in [5.41, 5.74) is 1.40. The molecule has 3 rings (SSSR count). The summed E-state index contributed by atoms with van der Waals surface area (Å²) in [5, 5.41) is 13.6. The summed E-state index contributed by atoms with van der Waals surface area (Å²) >= 11 is 1.46. The van der Waals surface area contributed by atoms with Crippen LogP contribution in [0.1, 0.15) is 15.2 Å². The minimum atomic E-state index is -0.190. The first kappa shape index (κ1) is 12.7. The number of rotatable bonds is 2. The Balaban J connectivity index is 1.97. The topological polar surface area (TPSA) is 49.3 Å². The van der Waals surface area contributed by atoms with Crippen LogP contribution in [0, 0.1) is 6.92 Å². The second-order valence-electron chi connectivity index (χ2n) is 4.52. The van der Waals surface area contributed by atoms with Crippen LogP contribution in [0.25, 0.3) is 10.1 Å². The molecule has 0 atom stereocenters. The van der Waals surface area contributed by atoms with E-state index in [1.807, 2.05) is 31.2 Å². The molecule has 0 saturated carbocycles. The van der Waals surface area contributed by atoms with Crippen LogP contribution >= 0.6 is 11.3 Å². The average molecular weight is 283 g/mol. The number of thiophene rings is 1. The molecule has 1 aromatic heterocycles. The highest BCUT2D eigenvalue weighted by Crippen LogP contribution is 2.31. The number of hydrogen-bond acceptors (Lipinski definition) is 3. The molecule has 4 heteroatoms. The van der Waals surface area contributed by atoms with E-state index in [2.05, 4.69) is 5.32 Å². The van der Waals surface area contributed by atoms with Crippen molar-refractivity contribution < 1.29 is 9.90 Å². The van der Waals surface area contributed by atoms with Gasteiger partial charge >= 0.3 is 0 Å². The van der Waals surface area contributed by atoms with Gasteiger partial charge in [-0.05, 0) is 36.1 Å². The van der Waals surface area contributed by atoms with Gasteiger partial charge in [-0.15, -0.1) is 11.3 Å². The molecule has 3 nitrogen and oxygen atoms in total. The van der Waals surface area contributed by atoms with Crippen molar-refractivity contribution in [1.82, 2.24) is 0 Å². The zero-order valence-corrected chi connectivity index (χ0v) is 11.7. The third-order valence-electron chi connectivity index (χ3n) is 3.20. The molecule has 0 bridgehead atoms. The fraction of sp³-hybridized carbons (Fsp3) is 0.0625. The maximum absolute atomic E-state index is 12.3. The predicted octanol–water partition coefficient (Wildman–Crippen LogP) is 4.17. The number of carbonyl (C=O) groups is 1. The van der Waals surface area contributed by atoms with Gasteiger partial charge in [0, 0.05) is 4.70 Å². The molecule has 2 aromatic carbocycles. The Morgan fingerprint density at radius 1 is 1.10 bits per heavy atom. The molecule has 2 N–H and O–H groups in total. The monoisotopic (exact) mass is 283 g/mol. The fourth-order valence-corrected chi connectivity index (χ4v) is 3.25. The Bertz CT molecular complexity index is 792. The molecule has 0 aliphatic carbocycles. The number of benzene rings is 2. The molecule has 0 spiro atoms. The molecule has 3 aromatic rings. The van der Waals surface area contributed by atoms with E-state index < -0.39 is 0 Å². The Morgan fingerprint density at radius 2 is 1.80 bits per heavy atom. The van der Waals surface area contributed by atoms with Crippen molar-refractivity contribution in [1.29, 1.82) is 0 Å². The van der Waals surface area contributed by atoms with Crippen LogP contribution in [0.2, 0.25) is 0 Å². The van der Waals surface area contributed by atoms with Gasteiger partial charge in [0.25, 0.3) is 5.91 Å². The Labute approximate surface area is 120 Å². The Hall–Kier alpha value is -2.33. The van der Waals surface area contributed by atoms with Crippen LogP contribution in [-0.4, -0.2) is 11.0 Å². The van der Waals surface area contributed by atoms with Crippen LogP contribution in [0.5, 0.6) is 5.75 Å². The lowest BCUT2D eigenvalue weighted by Crippen LogP contribution is -2.11. The number of hydrogen-bond donors (Lipinski definition) is 2. The minimum Gasteiger partial charge on any atom is -0.506 e. The summed E-state index contributed by atoms with van der Waals surface area (Å²) in [6.07, 6.45) is 0. The number of para-hydroxylation sites is 2. The number of fused-ring (bicyclic) bond motifs is 1. The van der Waals surface area contributed by atoms with E-state index in [1.165, 1.54) is 11.3 Å². The van der Waals surface area contributed by atoms with E-state index >= 15 is 0 Å². The molecule has 1 amide bonds. The average Bonchev–Trinajstić information content (AvgIpc) is 2.79. The zero-order valence-electron chi connectivity index (χ0n) is 10.9. The third-order valence-corrected chi connectivity index (χ3v) is 4.47. The number of aromatic hydroxyl groups is 1. The molecule has 0 saturated heterocycles. The van der Waals surface area contributed by atoms with E-state index in [1.54, 1.807) is 24.3 Å². The minimum absolute atomic E-state index is 0.0691. The SMILES string of the molecule is Cc1c(C(=O)Nc2ccccc2O)sc2ccccc12. The van der Waals surface area contributed by atoms with E-state index in [0.29, 0.717) is 10.6 Å². The number of phenols is 1. The van der Waals surface area contributed by atoms with Gasteiger partial charge in [0.2, 0.25) is 0 Å². The maximum Gasteiger partial charge on any atom is 0.266 e. The van der Waals surface area contributed by atoms with Crippen LogP contribution in [0.3, 0.4) is 0 Å². The van der Waals surface area contributed by atoms with Crippen molar-refractivity contribution >= 4 is 33.0 Å². The molecule has 0 aliphatic heterocycles. The van der Waals surface area contributed by atoms with Crippen molar-refractivity contribution in [2.24, 2.45) is 0 Å². The van der Waals surface area contributed by atoms with Crippen LogP contribution in [-0.2, 0) is 0 Å². The summed E-state index contributed by atoms with van der Waals surface area (Å²) in [7, 11) is 0. The van der Waals surface area contributed by atoms with Gasteiger partial charge in [0.05, 0.1) is 10.6 Å². The number of phenolic OH excluding ortho intramolecular Hbond substituents is 1. The third kappa shape index (κ3) is 2.14. The lowest BCUT2D eigenvalue weighted by Gasteiger charge is -2.06. The van der Waals surface area contributed by atoms with Crippen molar-refractivity contribution in [3.63, 3.8) is 0 Å². The second-order valence-corrected chi connectivity index (χ2v) is 5.58. The van der Waals surface area contributed by atoms with E-state index in [0.717, 1.165) is 15.6 Å². The highest BCUT2D eigenvalue weighted by molar-refractivity contribution is 7.21. The van der Waals surface area contributed by atoms with Gasteiger partial charge in [-0.25, -0.2) is 0 Å². The largest absolute Gasteiger partial charge is 0.506 e. The van der Waals surface area contributed by atoms with E-state index in [9.17, 15) is 9.90 Å². The molecule has 100 valence electrons. The number of carbonyl (C=O) groups excluding carboxylic acids is 1. The second kappa shape index (κ2) is 4.98. The molecular weight excluding hydrogens is 270 g/mol. The van der Waals surface area contributed by atoms with Crippen LogP contribution in [0.4, 0.5) is 5.69 Å². The fourth-order valence-electron chi connectivity index (χ4n) is 2.15. The van der Waals surface area contributed by atoms with Gasteiger partial charge in [-0.2, -0.15) is 0 Å². The van der Waals surface area contributed by atoms with Crippen molar-refractivity contribution in [2.75, 3.05) is 5.32 Å². The molecule has 20 heavy (non-hydrogen) atoms. The van der Waals surface area contributed by atoms with Crippen molar-refractivity contribution in [3.05, 3.63) is 59.0 Å². The quantitative estimate of drug-likeness (QED) is 0.693. The Kier molecular flexibility index (Phi) is 3.16. The summed E-state index contributed by atoms with van der Waals surface area (Å²) in [5.74, 6) is -0.121. The van der Waals surface area contributed by atoms with Gasteiger partial charge in [0.1, 0.15) is 5.75 Å². The van der Waals surface area contributed by atoms with E-state index in [4.69, 9.17) is 0 Å². The summed E-state index contributed by atoms with van der Waals surface area (Å²) in [4.78, 5) is 13.0. The van der Waals surface area contributed by atoms with Crippen molar-refractivity contribution in [3.8, 4) is 5.75 Å². The van der Waals surface area contributed by atoms with Crippen molar-refractivity contribution in [2.45, 2.75) is 6.92 Å². The lowest BCUT2D eigenvalue weighted by atomic mass is 10.1. The van der Waals surface area contributed by atoms with Gasteiger partial charge in [0.15, 0.2) is 0 Å². The summed E-state index contributed by atoms with van der Waals surface area (Å²) in [6, 6.07) is 14.7. The number of nitrogens with one attached hydrogen (secondary N) is 1. The highest BCUT2D eigenvalue weighted by Gasteiger charge is 2.16. The van der Waals surface area contributed by atoms with Crippen LogP contribution < -0.4 is 5.32 Å². The number of amides is 1. The first-order chi connectivity index (χ1) is 9.66. The zero-order chi connectivity index (χ0) is 14.1. The Morgan fingerprint density at radius 3 is 2.55 bits per heavy atom. The molecule has 0 aliphatic rings. The summed E-state index contributed by atoms with van der Waals surface area (Å²) < 4.78 is 1.09. The molecule has 1 heterocycles. The number of aryl methyl sites for hydroxylation is 1. The molecule has 0 fully saturated rings. The molecule has 0 radical (unpaired) electrons. The normalized spacial score (nSPS) is 10.7. The molecular formula is C16H13NO2S. The van der Waals surface area contributed by atoms with E-state index in [-0.39, 0.29) is 11.7 Å². The van der Waals surface area contributed by atoms with Crippen LogP contribution in [0.15, 0.2) is 48.5 Å². The van der Waals surface area contributed by atoms with Gasteiger partial charge in [-0.3, -0.25) is 4.79 Å². The first-order valence-electron chi connectivity index (χ1n) is 6.24. The molecule has 0 unspecified atom stereocenters. The number of anilines is 1. The summed E-state index contributed by atoms with van der Waals surface area (Å²) in [6.45, 7) is 1.94. The lowest BCUT2D eigenvalue weighted by molar-refractivity contribution is 0.102. The van der Waals surface area contributed by atoms with Gasteiger partial charge in [-0.1, -0.05) is 30.3 Å². The predicted molar refractivity (Wildman–Crippen MR) is 82.6 cm³/mol. The first-order valence-corrected chi connectivity index (χ1v) is 7.06. The standard InChI is InChI=1S/C16H13NO2S/c1-10-11-6-2-5-9-14(11)20-15(10)16(19)17-12-7-3-4-8-13(12)18/h2-9,18H,1H3,(H,17,19). The van der Waals surface area contributed by atoms with Gasteiger partial charge < -0.3 is 10.4 Å².